The third-order valence-corrected chi connectivity index (χ3v) is 4.90. The second-order valence-corrected chi connectivity index (χ2v) is 6.32. The van der Waals surface area contributed by atoms with Crippen LogP contribution in [-0.2, 0) is 0 Å². The molecule has 0 spiro atoms. The van der Waals surface area contributed by atoms with Gasteiger partial charge in [0.2, 0.25) is 5.13 Å². The summed E-state index contributed by atoms with van der Waals surface area (Å²) in [5.41, 5.74) is 3.71. The van der Waals surface area contributed by atoms with Crippen molar-refractivity contribution in [2.75, 3.05) is 0 Å². The van der Waals surface area contributed by atoms with E-state index >= 15 is 0 Å². The van der Waals surface area contributed by atoms with Crippen LogP contribution in [0.5, 0.6) is 0 Å². The second-order valence-electron chi connectivity index (χ2n) is 4.63. The van der Waals surface area contributed by atoms with E-state index in [0.29, 0.717) is 5.13 Å². The second kappa shape index (κ2) is 5.40. The molecule has 4 aromatic rings. The molecule has 0 amide bonds. The molecule has 3 heterocycles. The number of hydrogen-bond donors (Lipinski definition) is 0. The summed E-state index contributed by atoms with van der Waals surface area (Å²) in [6.45, 7) is 3.49. The van der Waals surface area contributed by atoms with Crippen molar-refractivity contribution in [1.29, 1.82) is 0 Å². The number of thiazole rings is 2. The zero-order valence-electron chi connectivity index (χ0n) is 11.4. The van der Waals surface area contributed by atoms with Gasteiger partial charge in [-0.15, -0.1) is 22.7 Å². The molecule has 0 aliphatic heterocycles. The fourth-order valence-electron chi connectivity index (χ4n) is 2.17. The predicted octanol–water partition coefficient (Wildman–Crippen LogP) is 4.81. The van der Waals surface area contributed by atoms with Gasteiger partial charge in [0.25, 0.3) is 0 Å². The average molecular weight is 322 g/mol. The van der Waals surface area contributed by atoms with Crippen molar-refractivity contribution in [1.82, 2.24) is 15.0 Å². The van der Waals surface area contributed by atoms with Gasteiger partial charge >= 0.3 is 0 Å². The maximum Gasteiger partial charge on any atom is 0.209 e. The third-order valence-electron chi connectivity index (χ3n) is 3.23. The van der Waals surface area contributed by atoms with Crippen LogP contribution in [0.1, 0.15) is 0 Å². The lowest BCUT2D eigenvalue weighted by Gasteiger charge is -1.99. The van der Waals surface area contributed by atoms with Gasteiger partial charge < -0.3 is 0 Å². The van der Waals surface area contributed by atoms with E-state index in [9.17, 15) is 0 Å². The van der Waals surface area contributed by atoms with Gasteiger partial charge in [0, 0.05) is 27.9 Å². The van der Waals surface area contributed by atoms with Gasteiger partial charge in [-0.3, -0.25) is 4.98 Å². The molecular formula is C16H10N4S2. The molecular weight excluding hydrogens is 312 g/mol. The number of aliphatic imine (C=N–C) groups is 1. The largest absolute Gasteiger partial charge is 0.256 e. The maximum absolute atomic E-state index is 4.67. The molecule has 4 nitrogen and oxygen atoms in total. The number of fused-ring (bicyclic) bond motifs is 1. The van der Waals surface area contributed by atoms with Gasteiger partial charge in [0.1, 0.15) is 16.4 Å². The summed E-state index contributed by atoms with van der Waals surface area (Å²) >= 11 is 3.05. The number of aromatic nitrogens is 3. The normalized spacial score (nSPS) is 10.9. The smallest absolute Gasteiger partial charge is 0.209 e. The molecule has 6 heteroatoms. The number of rotatable bonds is 3. The summed E-state index contributed by atoms with van der Waals surface area (Å²) < 4.78 is 0. The van der Waals surface area contributed by atoms with E-state index in [0.717, 1.165) is 32.9 Å². The number of pyridine rings is 1. The van der Waals surface area contributed by atoms with Crippen LogP contribution in [0.4, 0.5) is 5.13 Å². The van der Waals surface area contributed by atoms with Crippen LogP contribution >= 0.6 is 22.7 Å². The predicted molar refractivity (Wildman–Crippen MR) is 93.2 cm³/mol. The number of nitrogens with zero attached hydrogens (tertiary/aromatic N) is 4. The van der Waals surface area contributed by atoms with E-state index in [1.807, 2.05) is 35.2 Å². The minimum Gasteiger partial charge on any atom is -0.256 e. The Kier molecular flexibility index (Phi) is 3.25. The summed E-state index contributed by atoms with van der Waals surface area (Å²) in [6, 6.07) is 10.2. The molecule has 0 radical (unpaired) electrons. The third kappa shape index (κ3) is 2.32. The summed E-state index contributed by atoms with van der Waals surface area (Å²) in [5, 5.41) is 6.67. The maximum atomic E-state index is 4.67. The molecule has 0 saturated heterocycles. The molecule has 0 unspecified atom stereocenters. The highest BCUT2D eigenvalue weighted by Crippen LogP contribution is 2.31. The Morgan fingerprint density at radius 2 is 1.82 bits per heavy atom. The van der Waals surface area contributed by atoms with Gasteiger partial charge in [-0.1, -0.05) is 18.2 Å². The molecule has 4 rings (SSSR count). The summed E-state index contributed by atoms with van der Waals surface area (Å²) in [5.74, 6) is 0. The SMILES string of the molecule is C=Nc1nc(-c2csc(-c3cnc4ccccc4c3)n2)cs1. The molecule has 0 aliphatic carbocycles. The van der Waals surface area contributed by atoms with Crippen LogP contribution in [-0.4, -0.2) is 21.7 Å². The molecule has 0 atom stereocenters. The Morgan fingerprint density at radius 3 is 2.68 bits per heavy atom. The van der Waals surface area contributed by atoms with E-state index in [1.165, 1.54) is 11.3 Å². The molecule has 22 heavy (non-hydrogen) atoms. The van der Waals surface area contributed by atoms with E-state index in [2.05, 4.69) is 38.8 Å². The first-order chi connectivity index (χ1) is 10.8. The van der Waals surface area contributed by atoms with Crippen LogP contribution in [0, 0.1) is 0 Å². The van der Waals surface area contributed by atoms with Gasteiger partial charge in [-0.25, -0.2) is 15.0 Å². The van der Waals surface area contributed by atoms with Crippen LogP contribution in [0.2, 0.25) is 0 Å². The Morgan fingerprint density at radius 1 is 1.00 bits per heavy atom. The lowest BCUT2D eigenvalue weighted by Crippen LogP contribution is -1.83. The first-order valence-corrected chi connectivity index (χ1v) is 8.33. The molecule has 3 aromatic heterocycles. The fraction of sp³-hybridized carbons (Fsp3) is 0. The number of benzene rings is 1. The van der Waals surface area contributed by atoms with Crippen LogP contribution in [0.25, 0.3) is 32.9 Å². The molecule has 1 aromatic carbocycles. The lowest BCUT2D eigenvalue weighted by molar-refractivity contribution is 1.31. The van der Waals surface area contributed by atoms with Gasteiger partial charge in [0.05, 0.1) is 5.52 Å². The zero-order chi connectivity index (χ0) is 14.9. The highest BCUT2D eigenvalue weighted by atomic mass is 32.1. The summed E-state index contributed by atoms with van der Waals surface area (Å²) in [7, 11) is 0. The summed E-state index contributed by atoms with van der Waals surface area (Å²) in [6.07, 6.45) is 1.86. The molecule has 0 bridgehead atoms. The quantitative estimate of drug-likeness (QED) is 0.508. The fourth-order valence-corrected chi connectivity index (χ4v) is 3.58. The van der Waals surface area contributed by atoms with Crippen molar-refractivity contribution in [3.8, 4) is 22.0 Å². The van der Waals surface area contributed by atoms with Crippen molar-refractivity contribution >= 4 is 45.4 Å². The van der Waals surface area contributed by atoms with Crippen LogP contribution < -0.4 is 0 Å². The number of para-hydroxylation sites is 1. The minimum atomic E-state index is 0.664. The number of hydrogen-bond acceptors (Lipinski definition) is 6. The van der Waals surface area contributed by atoms with E-state index in [1.54, 1.807) is 11.3 Å². The van der Waals surface area contributed by atoms with Gasteiger partial charge in [-0.2, -0.15) is 0 Å². The zero-order valence-corrected chi connectivity index (χ0v) is 13.1. The first kappa shape index (κ1) is 13.2. The minimum absolute atomic E-state index is 0.664. The first-order valence-electron chi connectivity index (χ1n) is 6.57. The highest BCUT2D eigenvalue weighted by molar-refractivity contribution is 7.14. The standard InChI is InChI=1S/C16H10N4S2/c1-17-16-20-14(9-22-16)13-8-21-15(19-13)11-6-10-4-2-3-5-12(10)18-7-11/h2-9H,1H2. The van der Waals surface area contributed by atoms with Gasteiger partial charge in [-0.05, 0) is 18.9 Å². The van der Waals surface area contributed by atoms with E-state index in [-0.39, 0.29) is 0 Å². The molecule has 106 valence electrons. The van der Waals surface area contributed by atoms with E-state index < -0.39 is 0 Å². The van der Waals surface area contributed by atoms with Crippen molar-refractivity contribution in [2.45, 2.75) is 0 Å². The molecule has 0 aliphatic rings. The van der Waals surface area contributed by atoms with Gasteiger partial charge in [0.15, 0.2) is 0 Å². The molecule has 0 saturated carbocycles. The van der Waals surface area contributed by atoms with Crippen LogP contribution in [0.15, 0.2) is 52.3 Å². The van der Waals surface area contributed by atoms with Crippen LogP contribution in [0.3, 0.4) is 0 Å². The average Bonchev–Trinajstić information content (AvgIpc) is 3.23. The summed E-state index contributed by atoms with van der Waals surface area (Å²) in [4.78, 5) is 17.4. The van der Waals surface area contributed by atoms with Crippen molar-refractivity contribution in [3.63, 3.8) is 0 Å². The van der Waals surface area contributed by atoms with Crippen molar-refractivity contribution in [2.24, 2.45) is 4.99 Å². The highest BCUT2D eigenvalue weighted by Gasteiger charge is 2.10. The Balaban J connectivity index is 1.74. The Labute approximate surface area is 134 Å². The topological polar surface area (TPSA) is 51.0 Å². The van der Waals surface area contributed by atoms with Crippen molar-refractivity contribution < 1.29 is 0 Å². The monoisotopic (exact) mass is 322 g/mol. The molecule has 0 N–H and O–H groups in total. The Hall–Kier alpha value is -2.44. The van der Waals surface area contributed by atoms with Crippen molar-refractivity contribution in [3.05, 3.63) is 47.3 Å². The Bertz CT molecular complexity index is 971. The molecule has 0 fully saturated rings. The van der Waals surface area contributed by atoms with E-state index in [4.69, 9.17) is 0 Å². The lowest BCUT2D eigenvalue weighted by atomic mass is 10.2.